The molecule has 1 aromatic carbocycles. The third kappa shape index (κ3) is 4.57. The lowest BCUT2D eigenvalue weighted by Crippen LogP contribution is -2.40. The summed E-state index contributed by atoms with van der Waals surface area (Å²) in [6.45, 7) is 10.0. The van der Waals surface area contributed by atoms with E-state index >= 15 is 0 Å². The average Bonchev–Trinajstić information content (AvgIpc) is 2.56. The highest BCUT2D eigenvalue weighted by molar-refractivity contribution is 5.88. The maximum atomic E-state index is 12.8. The highest BCUT2D eigenvalue weighted by Crippen LogP contribution is 2.16. The van der Waals surface area contributed by atoms with Crippen molar-refractivity contribution in [2.75, 3.05) is 6.54 Å². The average molecular weight is 342 g/mol. The van der Waals surface area contributed by atoms with Crippen LogP contribution in [0.15, 0.2) is 47.4 Å². The van der Waals surface area contributed by atoms with Gasteiger partial charge in [-0.25, -0.2) is 4.79 Å². The molecule has 0 spiro atoms. The van der Waals surface area contributed by atoms with Crippen LogP contribution in [0.1, 0.15) is 38.1 Å². The highest BCUT2D eigenvalue weighted by atomic mass is 16.4. The summed E-state index contributed by atoms with van der Waals surface area (Å²) >= 11 is 0. The minimum Gasteiger partial charge on any atom is -0.478 e. The van der Waals surface area contributed by atoms with Crippen LogP contribution in [0.2, 0.25) is 0 Å². The van der Waals surface area contributed by atoms with Crippen LogP contribution < -0.4 is 5.56 Å². The summed E-state index contributed by atoms with van der Waals surface area (Å²) in [6.07, 6.45) is 1.80. The van der Waals surface area contributed by atoms with Gasteiger partial charge < -0.3 is 9.67 Å². The topological polar surface area (TPSA) is 62.5 Å². The fourth-order valence-corrected chi connectivity index (χ4v) is 3.06. The van der Waals surface area contributed by atoms with Crippen LogP contribution >= 0.6 is 0 Å². The Balaban J connectivity index is 2.25. The van der Waals surface area contributed by atoms with Gasteiger partial charge in [-0.3, -0.25) is 9.69 Å². The Kier molecular flexibility index (Phi) is 6.15. The van der Waals surface area contributed by atoms with E-state index in [0.717, 1.165) is 12.1 Å². The van der Waals surface area contributed by atoms with Gasteiger partial charge in [0.2, 0.25) is 0 Å². The molecule has 2 rings (SSSR count). The van der Waals surface area contributed by atoms with E-state index < -0.39 is 5.97 Å². The first kappa shape index (κ1) is 18.9. The molecule has 0 bridgehead atoms. The van der Waals surface area contributed by atoms with Crippen LogP contribution in [0.5, 0.6) is 0 Å². The lowest BCUT2D eigenvalue weighted by Gasteiger charge is -2.30. The number of nitrogens with zero attached hydrogens (tertiary/aromatic N) is 2. The van der Waals surface area contributed by atoms with Gasteiger partial charge in [0.1, 0.15) is 0 Å². The number of pyridine rings is 1. The Bertz CT molecular complexity index is 768. The van der Waals surface area contributed by atoms with Crippen molar-refractivity contribution in [3.8, 4) is 11.1 Å². The molecule has 1 heterocycles. The third-order valence-electron chi connectivity index (χ3n) is 4.39. The molecule has 1 N–H and O–H groups in total. The van der Waals surface area contributed by atoms with Crippen molar-refractivity contribution in [3.05, 3.63) is 58.5 Å². The number of aromatic nitrogens is 1. The molecule has 5 heteroatoms. The summed E-state index contributed by atoms with van der Waals surface area (Å²) in [7, 11) is 0. The summed E-state index contributed by atoms with van der Waals surface area (Å²) in [5.74, 6) is -0.973. The number of benzene rings is 1. The smallest absolute Gasteiger partial charge is 0.335 e. The molecule has 134 valence electrons. The molecule has 0 aliphatic rings. The van der Waals surface area contributed by atoms with E-state index in [-0.39, 0.29) is 11.1 Å². The van der Waals surface area contributed by atoms with E-state index in [9.17, 15) is 9.59 Å². The predicted molar refractivity (Wildman–Crippen MR) is 100 cm³/mol. The Morgan fingerprint density at radius 3 is 2.20 bits per heavy atom. The second kappa shape index (κ2) is 8.12. The zero-order valence-corrected chi connectivity index (χ0v) is 15.3. The Labute approximate surface area is 148 Å². The molecule has 0 atom stereocenters. The highest BCUT2D eigenvalue weighted by Gasteiger charge is 2.14. The number of aromatic carboxylic acids is 1. The molecule has 0 fully saturated rings. The van der Waals surface area contributed by atoms with Crippen LogP contribution in [0.4, 0.5) is 0 Å². The van der Waals surface area contributed by atoms with Gasteiger partial charge in [-0.15, -0.1) is 0 Å². The molecule has 2 aromatic rings. The molecule has 5 nitrogen and oxygen atoms in total. The molecule has 0 amide bonds. The van der Waals surface area contributed by atoms with E-state index in [1.165, 1.54) is 12.1 Å². The second-order valence-electron chi connectivity index (χ2n) is 6.73. The van der Waals surface area contributed by atoms with Gasteiger partial charge in [0, 0.05) is 36.9 Å². The molecule has 0 radical (unpaired) electrons. The predicted octanol–water partition coefficient (Wildman–Crippen LogP) is 3.33. The minimum atomic E-state index is -0.973. The SMILES string of the molecule is CC(C)N(CCn1cccc(-c2ccc(C(=O)O)cc2)c1=O)C(C)C. The van der Waals surface area contributed by atoms with Crippen molar-refractivity contribution >= 4 is 5.97 Å². The second-order valence-corrected chi connectivity index (χ2v) is 6.73. The molecule has 0 aliphatic heterocycles. The Hall–Kier alpha value is -2.40. The van der Waals surface area contributed by atoms with Gasteiger partial charge in [-0.1, -0.05) is 12.1 Å². The van der Waals surface area contributed by atoms with Gasteiger partial charge >= 0.3 is 5.97 Å². The molecule has 0 saturated carbocycles. The summed E-state index contributed by atoms with van der Waals surface area (Å²) in [6, 6.07) is 10.9. The lowest BCUT2D eigenvalue weighted by atomic mass is 10.1. The fraction of sp³-hybridized carbons (Fsp3) is 0.400. The van der Waals surface area contributed by atoms with Gasteiger partial charge in [0.15, 0.2) is 0 Å². The van der Waals surface area contributed by atoms with Gasteiger partial charge in [0.05, 0.1) is 5.56 Å². The van der Waals surface area contributed by atoms with E-state index in [1.807, 2.05) is 6.07 Å². The lowest BCUT2D eigenvalue weighted by molar-refractivity contribution is 0.0697. The van der Waals surface area contributed by atoms with Crippen LogP contribution in [0.3, 0.4) is 0 Å². The van der Waals surface area contributed by atoms with Crippen molar-refractivity contribution in [3.63, 3.8) is 0 Å². The molecular weight excluding hydrogens is 316 g/mol. The standard InChI is InChI=1S/C20H26N2O3/c1-14(2)22(15(3)4)13-12-21-11-5-6-18(19(21)23)16-7-9-17(10-8-16)20(24)25/h5-11,14-15H,12-13H2,1-4H3,(H,24,25). The monoisotopic (exact) mass is 342 g/mol. The van der Waals surface area contributed by atoms with Gasteiger partial charge in [0.25, 0.3) is 5.56 Å². The van der Waals surface area contributed by atoms with Crippen molar-refractivity contribution < 1.29 is 9.90 Å². The molecule has 0 aliphatic carbocycles. The summed E-state index contributed by atoms with van der Waals surface area (Å²) in [5, 5.41) is 8.99. The van der Waals surface area contributed by atoms with Gasteiger partial charge in [-0.2, -0.15) is 0 Å². The fourth-order valence-electron chi connectivity index (χ4n) is 3.06. The minimum absolute atomic E-state index is 0.0574. The van der Waals surface area contributed by atoms with Crippen LogP contribution in [-0.4, -0.2) is 39.2 Å². The van der Waals surface area contributed by atoms with Crippen LogP contribution in [-0.2, 0) is 6.54 Å². The van der Waals surface area contributed by atoms with E-state index in [1.54, 1.807) is 29.0 Å². The largest absolute Gasteiger partial charge is 0.478 e. The molecular formula is C20H26N2O3. The van der Waals surface area contributed by atoms with Crippen LogP contribution in [0, 0.1) is 0 Å². The van der Waals surface area contributed by atoms with Gasteiger partial charge in [-0.05, 0) is 57.5 Å². The maximum Gasteiger partial charge on any atom is 0.335 e. The zero-order valence-electron chi connectivity index (χ0n) is 15.3. The molecule has 1 aromatic heterocycles. The van der Waals surface area contributed by atoms with E-state index in [4.69, 9.17) is 5.11 Å². The molecule has 25 heavy (non-hydrogen) atoms. The maximum absolute atomic E-state index is 12.8. The van der Waals surface area contributed by atoms with E-state index in [0.29, 0.717) is 24.2 Å². The third-order valence-corrected chi connectivity index (χ3v) is 4.39. The van der Waals surface area contributed by atoms with E-state index in [2.05, 4.69) is 32.6 Å². The van der Waals surface area contributed by atoms with Crippen molar-refractivity contribution in [2.45, 2.75) is 46.3 Å². The summed E-state index contributed by atoms with van der Waals surface area (Å²) < 4.78 is 1.72. The number of carboxylic acids is 1. The number of hydrogen-bond donors (Lipinski definition) is 1. The molecule has 0 saturated heterocycles. The number of carboxylic acid groups (broad SMARTS) is 1. The number of carbonyl (C=O) groups is 1. The van der Waals surface area contributed by atoms with Crippen molar-refractivity contribution in [1.82, 2.24) is 9.47 Å². The van der Waals surface area contributed by atoms with Crippen LogP contribution in [0.25, 0.3) is 11.1 Å². The zero-order chi connectivity index (χ0) is 18.6. The first-order valence-electron chi connectivity index (χ1n) is 8.60. The van der Waals surface area contributed by atoms with Crippen molar-refractivity contribution in [1.29, 1.82) is 0 Å². The van der Waals surface area contributed by atoms with Crippen molar-refractivity contribution in [2.24, 2.45) is 0 Å². The summed E-state index contributed by atoms with van der Waals surface area (Å²) in [4.78, 5) is 26.1. The number of hydrogen-bond acceptors (Lipinski definition) is 3. The summed E-state index contributed by atoms with van der Waals surface area (Å²) in [5.41, 5.74) is 1.47. The first-order valence-corrected chi connectivity index (χ1v) is 8.60. The normalized spacial score (nSPS) is 11.5. The number of rotatable bonds is 7. The Morgan fingerprint density at radius 1 is 1.08 bits per heavy atom. The Morgan fingerprint density at radius 2 is 1.68 bits per heavy atom. The quantitative estimate of drug-likeness (QED) is 0.838. The molecule has 0 unspecified atom stereocenters. The first-order chi connectivity index (χ1) is 11.8.